The topological polar surface area (TPSA) is 33.1 Å². The second-order valence-electron chi connectivity index (χ2n) is 4.52. The molecule has 1 heterocycles. The Morgan fingerprint density at radius 1 is 1.00 bits per heavy atom. The number of unbranched alkanes of at least 4 members (excludes halogenated alkanes) is 4. The standard InChI is InChI=1S/C14H23NO/c1-12-10-13(2)15-14(11-12)8-6-4-3-5-7-9-16/h10-11,16H,3-9H2,1-2H3. The van der Waals surface area contributed by atoms with Crippen molar-refractivity contribution in [2.24, 2.45) is 0 Å². The van der Waals surface area contributed by atoms with Crippen LogP contribution in [0.4, 0.5) is 0 Å². The molecule has 1 aromatic heterocycles. The normalized spacial score (nSPS) is 10.7. The lowest BCUT2D eigenvalue weighted by Gasteiger charge is -2.04. The number of aryl methyl sites for hydroxylation is 3. The average Bonchev–Trinajstić information content (AvgIpc) is 2.22. The Labute approximate surface area is 98.7 Å². The number of aromatic nitrogens is 1. The Hall–Kier alpha value is -0.890. The number of rotatable bonds is 7. The summed E-state index contributed by atoms with van der Waals surface area (Å²) >= 11 is 0. The fourth-order valence-corrected chi connectivity index (χ4v) is 2.00. The van der Waals surface area contributed by atoms with Crippen molar-refractivity contribution in [2.45, 2.75) is 52.4 Å². The van der Waals surface area contributed by atoms with Crippen LogP contribution in [-0.2, 0) is 6.42 Å². The van der Waals surface area contributed by atoms with Gasteiger partial charge in [0.15, 0.2) is 0 Å². The van der Waals surface area contributed by atoms with Crippen LogP contribution in [-0.4, -0.2) is 16.7 Å². The second-order valence-corrected chi connectivity index (χ2v) is 4.52. The molecule has 0 radical (unpaired) electrons. The van der Waals surface area contributed by atoms with Crippen LogP contribution in [0.25, 0.3) is 0 Å². The first kappa shape index (κ1) is 13.2. The van der Waals surface area contributed by atoms with E-state index in [2.05, 4.69) is 31.0 Å². The van der Waals surface area contributed by atoms with Gasteiger partial charge in [-0.05, 0) is 50.8 Å². The molecule has 2 heteroatoms. The average molecular weight is 221 g/mol. The highest BCUT2D eigenvalue weighted by molar-refractivity contribution is 5.19. The van der Waals surface area contributed by atoms with Crippen molar-refractivity contribution in [1.29, 1.82) is 0 Å². The molecule has 0 fully saturated rings. The van der Waals surface area contributed by atoms with E-state index in [1.807, 2.05) is 0 Å². The zero-order valence-corrected chi connectivity index (χ0v) is 10.5. The zero-order valence-electron chi connectivity index (χ0n) is 10.5. The van der Waals surface area contributed by atoms with Gasteiger partial charge in [-0.2, -0.15) is 0 Å². The van der Waals surface area contributed by atoms with E-state index < -0.39 is 0 Å². The van der Waals surface area contributed by atoms with Crippen LogP contribution >= 0.6 is 0 Å². The van der Waals surface area contributed by atoms with E-state index in [1.165, 1.54) is 30.5 Å². The van der Waals surface area contributed by atoms with Crippen LogP contribution in [0, 0.1) is 13.8 Å². The van der Waals surface area contributed by atoms with Gasteiger partial charge in [0.1, 0.15) is 0 Å². The highest BCUT2D eigenvalue weighted by atomic mass is 16.2. The Morgan fingerprint density at radius 3 is 2.38 bits per heavy atom. The molecular weight excluding hydrogens is 198 g/mol. The highest BCUT2D eigenvalue weighted by Crippen LogP contribution is 2.10. The predicted molar refractivity (Wildman–Crippen MR) is 67.6 cm³/mol. The minimum absolute atomic E-state index is 0.332. The van der Waals surface area contributed by atoms with E-state index in [4.69, 9.17) is 5.11 Å². The van der Waals surface area contributed by atoms with Gasteiger partial charge in [0.05, 0.1) is 0 Å². The van der Waals surface area contributed by atoms with Gasteiger partial charge in [-0.25, -0.2) is 0 Å². The Morgan fingerprint density at radius 2 is 1.69 bits per heavy atom. The summed E-state index contributed by atoms with van der Waals surface area (Å²) in [5, 5.41) is 8.65. The summed E-state index contributed by atoms with van der Waals surface area (Å²) in [7, 11) is 0. The molecule has 1 aromatic rings. The van der Waals surface area contributed by atoms with Gasteiger partial charge in [-0.15, -0.1) is 0 Å². The molecule has 1 rings (SSSR count). The lowest BCUT2D eigenvalue weighted by Crippen LogP contribution is -1.94. The van der Waals surface area contributed by atoms with Gasteiger partial charge in [-0.3, -0.25) is 4.98 Å². The summed E-state index contributed by atoms with van der Waals surface area (Å²) in [6.07, 6.45) is 6.86. The number of hydrogen-bond acceptors (Lipinski definition) is 2. The lowest BCUT2D eigenvalue weighted by molar-refractivity contribution is 0.282. The number of hydrogen-bond donors (Lipinski definition) is 1. The monoisotopic (exact) mass is 221 g/mol. The number of pyridine rings is 1. The second kappa shape index (κ2) is 7.39. The summed E-state index contributed by atoms with van der Waals surface area (Å²) in [6.45, 7) is 4.51. The number of aliphatic hydroxyl groups is 1. The van der Waals surface area contributed by atoms with Crippen molar-refractivity contribution in [3.05, 3.63) is 29.1 Å². The van der Waals surface area contributed by atoms with E-state index in [9.17, 15) is 0 Å². The van der Waals surface area contributed by atoms with E-state index in [-0.39, 0.29) is 0 Å². The van der Waals surface area contributed by atoms with Gasteiger partial charge in [0, 0.05) is 18.0 Å². The molecule has 1 N–H and O–H groups in total. The molecule has 2 nitrogen and oxygen atoms in total. The van der Waals surface area contributed by atoms with Crippen LogP contribution < -0.4 is 0 Å². The SMILES string of the molecule is Cc1cc(C)nc(CCCCCCCO)c1. The van der Waals surface area contributed by atoms with Gasteiger partial charge in [0.2, 0.25) is 0 Å². The Bertz CT molecular complexity index is 289. The lowest BCUT2D eigenvalue weighted by atomic mass is 10.1. The van der Waals surface area contributed by atoms with E-state index in [1.54, 1.807) is 0 Å². The fraction of sp³-hybridized carbons (Fsp3) is 0.643. The molecule has 0 aromatic carbocycles. The number of aliphatic hydroxyl groups excluding tert-OH is 1. The Kier molecular flexibility index (Phi) is 6.09. The Balaban J connectivity index is 2.21. The van der Waals surface area contributed by atoms with Crippen LogP contribution in [0.5, 0.6) is 0 Å². The molecule has 0 spiro atoms. The molecule has 16 heavy (non-hydrogen) atoms. The molecule has 0 aliphatic rings. The van der Waals surface area contributed by atoms with E-state index in [0.29, 0.717) is 6.61 Å². The minimum atomic E-state index is 0.332. The highest BCUT2D eigenvalue weighted by Gasteiger charge is 1.98. The summed E-state index contributed by atoms with van der Waals surface area (Å²) in [6, 6.07) is 4.30. The molecule has 0 atom stereocenters. The maximum atomic E-state index is 8.65. The van der Waals surface area contributed by atoms with Crippen molar-refractivity contribution in [3.63, 3.8) is 0 Å². The molecule has 0 aliphatic heterocycles. The van der Waals surface area contributed by atoms with Crippen LogP contribution in [0.1, 0.15) is 49.1 Å². The van der Waals surface area contributed by atoms with Gasteiger partial charge >= 0.3 is 0 Å². The maximum Gasteiger partial charge on any atom is 0.0431 e. The van der Waals surface area contributed by atoms with Crippen LogP contribution in [0.3, 0.4) is 0 Å². The predicted octanol–water partition coefficient (Wildman–Crippen LogP) is 3.18. The first-order valence-electron chi connectivity index (χ1n) is 6.27. The molecule has 0 aliphatic carbocycles. The third-order valence-corrected chi connectivity index (χ3v) is 2.74. The van der Waals surface area contributed by atoms with Gasteiger partial charge in [0.25, 0.3) is 0 Å². The zero-order chi connectivity index (χ0) is 11.8. The first-order chi connectivity index (χ1) is 7.72. The van der Waals surface area contributed by atoms with E-state index in [0.717, 1.165) is 25.0 Å². The molecule has 0 bridgehead atoms. The smallest absolute Gasteiger partial charge is 0.0431 e. The van der Waals surface area contributed by atoms with Crippen LogP contribution in [0.15, 0.2) is 12.1 Å². The molecule has 0 amide bonds. The maximum absolute atomic E-state index is 8.65. The third-order valence-electron chi connectivity index (χ3n) is 2.74. The third kappa shape index (κ3) is 5.26. The van der Waals surface area contributed by atoms with Gasteiger partial charge < -0.3 is 5.11 Å². The van der Waals surface area contributed by atoms with Crippen molar-refractivity contribution in [2.75, 3.05) is 6.61 Å². The van der Waals surface area contributed by atoms with Crippen molar-refractivity contribution in [1.82, 2.24) is 4.98 Å². The van der Waals surface area contributed by atoms with Crippen molar-refractivity contribution < 1.29 is 5.11 Å². The first-order valence-corrected chi connectivity index (χ1v) is 6.27. The fourth-order valence-electron chi connectivity index (χ4n) is 2.00. The van der Waals surface area contributed by atoms with Crippen molar-refractivity contribution >= 4 is 0 Å². The summed E-state index contributed by atoms with van der Waals surface area (Å²) in [4.78, 5) is 4.53. The molecule has 90 valence electrons. The molecular formula is C14H23NO. The van der Waals surface area contributed by atoms with Gasteiger partial charge in [-0.1, -0.05) is 19.3 Å². The summed E-state index contributed by atoms with van der Waals surface area (Å²) < 4.78 is 0. The summed E-state index contributed by atoms with van der Waals surface area (Å²) in [5.41, 5.74) is 3.65. The molecule has 0 unspecified atom stereocenters. The van der Waals surface area contributed by atoms with E-state index >= 15 is 0 Å². The quantitative estimate of drug-likeness (QED) is 0.717. The molecule has 0 saturated heterocycles. The largest absolute Gasteiger partial charge is 0.396 e. The van der Waals surface area contributed by atoms with Crippen LogP contribution in [0.2, 0.25) is 0 Å². The number of nitrogens with zero attached hydrogens (tertiary/aromatic N) is 1. The molecule has 0 saturated carbocycles. The van der Waals surface area contributed by atoms with Crippen molar-refractivity contribution in [3.8, 4) is 0 Å². The minimum Gasteiger partial charge on any atom is -0.396 e. The summed E-state index contributed by atoms with van der Waals surface area (Å²) in [5.74, 6) is 0.